The monoisotopic (exact) mass is 315 g/mol. The molecule has 2 aromatic rings. The molecule has 2 rings (SSSR count). The van der Waals surface area contributed by atoms with E-state index in [-0.39, 0.29) is 17.2 Å². The number of carbonyl (C=O) groups is 1. The molecule has 23 heavy (non-hydrogen) atoms. The number of amides is 1. The smallest absolute Gasteiger partial charge is 0.251 e. The molecule has 0 aliphatic carbocycles. The highest BCUT2D eigenvalue weighted by Crippen LogP contribution is 2.22. The lowest BCUT2D eigenvalue weighted by molar-refractivity contribution is 0.0953. The van der Waals surface area contributed by atoms with Crippen LogP contribution in [0.3, 0.4) is 0 Å². The summed E-state index contributed by atoms with van der Waals surface area (Å²) in [7, 11) is 0. The highest BCUT2D eigenvalue weighted by atomic mass is 16.4. The molecule has 1 amide bonds. The zero-order valence-corrected chi connectivity index (χ0v) is 14.5. The van der Waals surface area contributed by atoms with E-state index in [0.717, 1.165) is 0 Å². The van der Waals surface area contributed by atoms with Gasteiger partial charge in [-0.05, 0) is 23.1 Å². The molecule has 1 N–H and O–H groups in total. The highest BCUT2D eigenvalue weighted by Gasteiger charge is 2.14. The normalized spacial score (nSPS) is 11.7. The zero-order valence-electron chi connectivity index (χ0n) is 14.5. The Morgan fingerprint density at radius 3 is 2.35 bits per heavy atom. The maximum absolute atomic E-state index is 12.1. The summed E-state index contributed by atoms with van der Waals surface area (Å²) in [6.07, 6.45) is 0.533. The molecular weight excluding hydrogens is 290 g/mol. The van der Waals surface area contributed by atoms with Gasteiger partial charge in [0.1, 0.15) is 0 Å². The summed E-state index contributed by atoms with van der Waals surface area (Å²) in [5.74, 6) is 1.31. The van der Waals surface area contributed by atoms with Crippen molar-refractivity contribution in [3.63, 3.8) is 0 Å². The molecule has 0 aliphatic rings. The van der Waals surface area contributed by atoms with Crippen molar-refractivity contribution in [3.8, 4) is 0 Å². The number of benzene rings is 1. The Balaban J connectivity index is 1.87. The van der Waals surface area contributed by atoms with E-state index in [0.29, 0.717) is 30.3 Å². The predicted octanol–water partition coefficient (Wildman–Crippen LogP) is 3.46. The van der Waals surface area contributed by atoms with Gasteiger partial charge in [-0.1, -0.05) is 46.8 Å². The van der Waals surface area contributed by atoms with Gasteiger partial charge in [0.15, 0.2) is 0 Å². The highest BCUT2D eigenvalue weighted by molar-refractivity contribution is 5.94. The molecule has 1 aromatic heterocycles. The lowest BCUT2D eigenvalue weighted by atomic mass is 9.87. The quantitative estimate of drug-likeness (QED) is 0.917. The fourth-order valence-electron chi connectivity index (χ4n) is 2.11. The maximum Gasteiger partial charge on any atom is 0.251 e. The number of hydrogen-bond donors (Lipinski definition) is 1. The molecule has 0 aliphatic heterocycles. The van der Waals surface area contributed by atoms with Crippen molar-refractivity contribution in [1.29, 1.82) is 0 Å². The Labute approximate surface area is 137 Å². The minimum Gasteiger partial charge on any atom is -0.425 e. The largest absolute Gasteiger partial charge is 0.425 e. The summed E-state index contributed by atoms with van der Waals surface area (Å²) in [5, 5.41) is 10.8. The molecule has 124 valence electrons. The Morgan fingerprint density at radius 1 is 1.17 bits per heavy atom. The van der Waals surface area contributed by atoms with E-state index in [1.165, 1.54) is 5.56 Å². The van der Waals surface area contributed by atoms with E-state index in [2.05, 4.69) is 36.3 Å². The maximum atomic E-state index is 12.1. The summed E-state index contributed by atoms with van der Waals surface area (Å²) in [6.45, 7) is 10.9. The third kappa shape index (κ3) is 4.65. The van der Waals surface area contributed by atoms with Crippen LogP contribution in [0.5, 0.6) is 0 Å². The third-order valence-electron chi connectivity index (χ3n) is 3.61. The van der Waals surface area contributed by atoms with E-state index in [1.54, 1.807) is 0 Å². The average molecular weight is 315 g/mol. The molecule has 0 saturated carbocycles. The Hall–Kier alpha value is -2.17. The Bertz CT molecular complexity index is 652. The van der Waals surface area contributed by atoms with Gasteiger partial charge in [-0.25, -0.2) is 0 Å². The molecule has 0 atom stereocenters. The topological polar surface area (TPSA) is 68.0 Å². The van der Waals surface area contributed by atoms with Crippen LogP contribution >= 0.6 is 0 Å². The average Bonchev–Trinajstić information content (AvgIpc) is 2.95. The minimum absolute atomic E-state index is 0.0844. The van der Waals surface area contributed by atoms with Crippen LogP contribution in [0.1, 0.15) is 68.2 Å². The van der Waals surface area contributed by atoms with E-state index in [9.17, 15) is 4.79 Å². The molecule has 5 nitrogen and oxygen atoms in total. The van der Waals surface area contributed by atoms with Crippen molar-refractivity contribution >= 4 is 5.91 Å². The van der Waals surface area contributed by atoms with Crippen molar-refractivity contribution in [2.24, 2.45) is 0 Å². The van der Waals surface area contributed by atoms with Gasteiger partial charge in [-0.2, -0.15) is 0 Å². The number of nitrogens with zero attached hydrogens (tertiary/aromatic N) is 2. The van der Waals surface area contributed by atoms with Crippen LogP contribution in [0.25, 0.3) is 0 Å². The van der Waals surface area contributed by atoms with Gasteiger partial charge in [-0.3, -0.25) is 4.79 Å². The standard InChI is InChI=1S/C18H25N3O2/c1-12(2)17-21-20-15(23-17)10-11-19-16(22)13-6-8-14(9-7-13)18(3,4)5/h6-9,12H,10-11H2,1-5H3,(H,19,22). The predicted molar refractivity (Wildman–Crippen MR) is 89.6 cm³/mol. The SMILES string of the molecule is CC(C)c1nnc(CCNC(=O)c2ccc(C(C)(C)C)cc2)o1. The van der Waals surface area contributed by atoms with Gasteiger partial charge in [0.05, 0.1) is 0 Å². The van der Waals surface area contributed by atoms with Crippen molar-refractivity contribution in [2.45, 2.75) is 52.4 Å². The van der Waals surface area contributed by atoms with Crippen LogP contribution in [0.4, 0.5) is 0 Å². The van der Waals surface area contributed by atoms with Gasteiger partial charge in [0, 0.05) is 24.4 Å². The van der Waals surface area contributed by atoms with Crippen LogP contribution in [0.2, 0.25) is 0 Å². The first-order valence-corrected chi connectivity index (χ1v) is 7.98. The van der Waals surface area contributed by atoms with Gasteiger partial charge < -0.3 is 9.73 Å². The summed E-state index contributed by atoms with van der Waals surface area (Å²) in [5.41, 5.74) is 1.95. The molecule has 5 heteroatoms. The molecule has 0 saturated heterocycles. The van der Waals surface area contributed by atoms with Crippen LogP contribution < -0.4 is 5.32 Å². The summed E-state index contributed by atoms with van der Waals surface area (Å²) in [4.78, 5) is 12.1. The first-order chi connectivity index (χ1) is 10.8. The molecule has 0 radical (unpaired) electrons. The lowest BCUT2D eigenvalue weighted by Crippen LogP contribution is -2.26. The first-order valence-electron chi connectivity index (χ1n) is 7.98. The number of nitrogens with one attached hydrogen (secondary N) is 1. The van der Waals surface area contributed by atoms with Crippen LogP contribution in [-0.4, -0.2) is 22.6 Å². The fraction of sp³-hybridized carbons (Fsp3) is 0.500. The number of carbonyl (C=O) groups excluding carboxylic acids is 1. The second-order valence-electron chi connectivity index (χ2n) is 7.02. The molecular formula is C18H25N3O2. The number of hydrogen-bond acceptors (Lipinski definition) is 4. The zero-order chi connectivity index (χ0) is 17.0. The molecule has 0 bridgehead atoms. The second kappa shape index (κ2) is 6.94. The van der Waals surface area contributed by atoms with E-state index in [1.807, 2.05) is 38.1 Å². The van der Waals surface area contributed by atoms with E-state index >= 15 is 0 Å². The molecule has 1 aromatic carbocycles. The summed E-state index contributed by atoms with van der Waals surface area (Å²) >= 11 is 0. The molecule has 0 spiro atoms. The van der Waals surface area contributed by atoms with Gasteiger partial charge in [0.2, 0.25) is 11.8 Å². The number of rotatable bonds is 5. The van der Waals surface area contributed by atoms with Crippen molar-refractivity contribution in [2.75, 3.05) is 6.54 Å². The Kier molecular flexibility index (Phi) is 5.19. The van der Waals surface area contributed by atoms with Crippen LogP contribution in [0.15, 0.2) is 28.7 Å². The van der Waals surface area contributed by atoms with E-state index < -0.39 is 0 Å². The molecule has 0 unspecified atom stereocenters. The molecule has 1 heterocycles. The van der Waals surface area contributed by atoms with Crippen molar-refractivity contribution in [1.82, 2.24) is 15.5 Å². The van der Waals surface area contributed by atoms with E-state index in [4.69, 9.17) is 4.42 Å². The van der Waals surface area contributed by atoms with Gasteiger partial charge in [0.25, 0.3) is 5.91 Å². The third-order valence-corrected chi connectivity index (χ3v) is 3.61. The van der Waals surface area contributed by atoms with Crippen LogP contribution in [0, 0.1) is 0 Å². The molecule has 0 fully saturated rings. The van der Waals surface area contributed by atoms with Gasteiger partial charge in [-0.15, -0.1) is 10.2 Å². The number of aromatic nitrogens is 2. The van der Waals surface area contributed by atoms with Crippen molar-refractivity contribution < 1.29 is 9.21 Å². The summed E-state index contributed by atoms with van der Waals surface area (Å²) in [6, 6.07) is 7.72. The second-order valence-corrected chi connectivity index (χ2v) is 7.02. The first kappa shape index (κ1) is 17.2. The minimum atomic E-state index is -0.0888. The summed E-state index contributed by atoms with van der Waals surface area (Å²) < 4.78 is 5.51. The fourth-order valence-corrected chi connectivity index (χ4v) is 2.11. The van der Waals surface area contributed by atoms with Crippen molar-refractivity contribution in [3.05, 3.63) is 47.2 Å². The lowest BCUT2D eigenvalue weighted by Gasteiger charge is -2.19. The van der Waals surface area contributed by atoms with Gasteiger partial charge >= 0.3 is 0 Å². The Morgan fingerprint density at radius 2 is 1.83 bits per heavy atom. The van der Waals surface area contributed by atoms with Crippen LogP contribution in [-0.2, 0) is 11.8 Å².